The van der Waals surface area contributed by atoms with Crippen LogP contribution in [0.1, 0.15) is 42.1 Å². The summed E-state index contributed by atoms with van der Waals surface area (Å²) in [5, 5.41) is 0. The van der Waals surface area contributed by atoms with E-state index in [4.69, 9.17) is 0 Å². The number of amides is 2. The van der Waals surface area contributed by atoms with Crippen LogP contribution in [0.25, 0.3) is 5.57 Å². The molecular weight excluding hydrogens is 380 g/mol. The molecule has 0 aromatic carbocycles. The smallest absolute Gasteiger partial charge is 0.273 e. The van der Waals surface area contributed by atoms with Gasteiger partial charge in [0.1, 0.15) is 11.5 Å². The fraction of sp³-hybridized carbons (Fsp3) is 0.364. The van der Waals surface area contributed by atoms with Crippen molar-refractivity contribution in [3.8, 4) is 0 Å². The molecule has 154 valence electrons. The molecule has 1 aliphatic carbocycles. The Morgan fingerprint density at radius 1 is 1.10 bits per heavy atom. The lowest BCUT2D eigenvalue weighted by atomic mass is 9.75. The molecule has 30 heavy (non-hydrogen) atoms. The van der Waals surface area contributed by atoms with Crippen molar-refractivity contribution < 1.29 is 9.59 Å². The van der Waals surface area contributed by atoms with Crippen LogP contribution in [-0.2, 0) is 4.79 Å². The molecule has 3 heterocycles. The van der Waals surface area contributed by atoms with Crippen LogP contribution < -0.4 is 4.90 Å². The molecule has 2 aliphatic rings. The zero-order valence-corrected chi connectivity index (χ0v) is 17.7. The van der Waals surface area contributed by atoms with Crippen LogP contribution in [0.4, 0.5) is 5.82 Å². The monoisotopic (exact) mass is 404 g/mol. The highest BCUT2D eigenvalue weighted by Crippen LogP contribution is 2.49. The molecule has 8 heteroatoms. The zero-order chi connectivity index (χ0) is 21.6. The summed E-state index contributed by atoms with van der Waals surface area (Å²) >= 11 is 0. The van der Waals surface area contributed by atoms with Crippen LogP contribution in [0, 0.1) is 18.3 Å². The molecule has 1 atom stereocenters. The van der Waals surface area contributed by atoms with Crippen LogP contribution in [0.15, 0.2) is 42.6 Å². The van der Waals surface area contributed by atoms with Crippen LogP contribution in [0.2, 0.25) is 0 Å². The Hall–Kier alpha value is -3.42. The lowest BCUT2D eigenvalue weighted by Gasteiger charge is -2.25. The molecular formula is C22H24N6O2. The Morgan fingerprint density at radius 2 is 1.80 bits per heavy atom. The normalized spacial score (nSPS) is 19.8. The van der Waals surface area contributed by atoms with E-state index in [0.29, 0.717) is 11.6 Å². The van der Waals surface area contributed by atoms with E-state index in [1.807, 2.05) is 26.8 Å². The Labute approximate surface area is 175 Å². The summed E-state index contributed by atoms with van der Waals surface area (Å²) in [6, 6.07) is 0. The highest BCUT2D eigenvalue weighted by molar-refractivity contribution is 6.04. The van der Waals surface area contributed by atoms with E-state index in [1.54, 1.807) is 31.4 Å². The molecule has 1 saturated heterocycles. The van der Waals surface area contributed by atoms with Crippen LogP contribution in [0.5, 0.6) is 0 Å². The predicted molar refractivity (Wildman–Crippen MR) is 112 cm³/mol. The average molecular weight is 404 g/mol. The van der Waals surface area contributed by atoms with Gasteiger partial charge >= 0.3 is 0 Å². The Kier molecular flexibility index (Phi) is 4.72. The summed E-state index contributed by atoms with van der Waals surface area (Å²) in [4.78, 5) is 45.7. The van der Waals surface area contributed by atoms with Crippen molar-refractivity contribution in [2.45, 2.75) is 27.2 Å². The molecule has 4 rings (SSSR count). The SMILES string of the molecule is Cc1ncc(C2=CCC3C(=C2)N(c2cnc(C(=O)N(C)C)cn2)C(=O)C3(C)C)cn1. The topological polar surface area (TPSA) is 92.2 Å². The molecule has 1 unspecified atom stereocenters. The third kappa shape index (κ3) is 3.18. The zero-order valence-electron chi connectivity index (χ0n) is 17.7. The maximum atomic E-state index is 13.3. The molecule has 1 aliphatic heterocycles. The van der Waals surface area contributed by atoms with Gasteiger partial charge in [0.05, 0.1) is 17.8 Å². The molecule has 2 aromatic heterocycles. The lowest BCUT2D eigenvalue weighted by Crippen LogP contribution is -2.32. The molecule has 0 saturated carbocycles. The van der Waals surface area contributed by atoms with Crippen molar-refractivity contribution in [2.24, 2.45) is 11.3 Å². The maximum Gasteiger partial charge on any atom is 0.273 e. The number of fused-ring (bicyclic) bond motifs is 1. The Bertz CT molecular complexity index is 1070. The van der Waals surface area contributed by atoms with Crippen molar-refractivity contribution in [3.05, 3.63) is 59.7 Å². The van der Waals surface area contributed by atoms with Crippen molar-refractivity contribution >= 4 is 23.2 Å². The molecule has 8 nitrogen and oxygen atoms in total. The summed E-state index contributed by atoms with van der Waals surface area (Å²) in [7, 11) is 3.31. The number of aryl methyl sites for hydroxylation is 1. The number of allylic oxidation sites excluding steroid dienone is 4. The summed E-state index contributed by atoms with van der Waals surface area (Å²) < 4.78 is 0. The highest BCUT2D eigenvalue weighted by atomic mass is 16.2. The number of nitrogens with zero attached hydrogens (tertiary/aromatic N) is 6. The number of rotatable bonds is 3. The average Bonchev–Trinajstić information content (AvgIpc) is 2.93. The summed E-state index contributed by atoms with van der Waals surface area (Å²) in [6.45, 7) is 5.76. The fourth-order valence-corrected chi connectivity index (χ4v) is 3.88. The first-order valence-corrected chi connectivity index (χ1v) is 9.79. The molecule has 0 bridgehead atoms. The minimum Gasteiger partial charge on any atom is -0.343 e. The standard InChI is InChI=1S/C22H24N6O2/c1-13-23-9-15(10-24-13)14-6-7-16-18(8-14)28(21(30)22(16,2)3)19-12-25-17(11-26-19)20(29)27(4)5/h6,8-12,16H,7H2,1-5H3. The van der Waals surface area contributed by atoms with E-state index in [1.165, 1.54) is 17.3 Å². The number of aromatic nitrogens is 4. The first-order valence-electron chi connectivity index (χ1n) is 9.79. The minimum atomic E-state index is -0.572. The first kappa shape index (κ1) is 19.9. The van der Waals surface area contributed by atoms with Gasteiger partial charge in [0, 0.05) is 43.7 Å². The Morgan fingerprint density at radius 3 is 2.40 bits per heavy atom. The van der Waals surface area contributed by atoms with Crippen molar-refractivity contribution in [1.82, 2.24) is 24.8 Å². The van der Waals surface area contributed by atoms with Crippen molar-refractivity contribution in [2.75, 3.05) is 19.0 Å². The summed E-state index contributed by atoms with van der Waals surface area (Å²) in [5.74, 6) is 0.890. The van der Waals surface area contributed by atoms with Gasteiger partial charge in [-0.3, -0.25) is 14.5 Å². The number of carbonyl (C=O) groups excluding carboxylic acids is 2. The van der Waals surface area contributed by atoms with E-state index in [0.717, 1.165) is 23.3 Å². The molecule has 2 amide bonds. The lowest BCUT2D eigenvalue weighted by molar-refractivity contribution is -0.125. The van der Waals surface area contributed by atoms with E-state index >= 15 is 0 Å². The van der Waals surface area contributed by atoms with E-state index < -0.39 is 5.41 Å². The Balaban J connectivity index is 1.73. The summed E-state index contributed by atoms with van der Waals surface area (Å²) in [5.41, 5.74) is 2.42. The van der Waals surface area contributed by atoms with Gasteiger partial charge in [0.15, 0.2) is 5.82 Å². The van der Waals surface area contributed by atoms with Crippen LogP contribution in [-0.4, -0.2) is 50.7 Å². The first-order chi connectivity index (χ1) is 14.2. The number of anilines is 1. The minimum absolute atomic E-state index is 0.0324. The fourth-order valence-electron chi connectivity index (χ4n) is 3.88. The van der Waals surface area contributed by atoms with Crippen molar-refractivity contribution in [1.29, 1.82) is 0 Å². The third-order valence-electron chi connectivity index (χ3n) is 5.72. The number of hydrogen-bond acceptors (Lipinski definition) is 6. The van der Waals surface area contributed by atoms with Gasteiger partial charge in [-0.2, -0.15) is 0 Å². The van der Waals surface area contributed by atoms with Gasteiger partial charge in [0.2, 0.25) is 5.91 Å². The second-order valence-electron chi connectivity index (χ2n) is 8.36. The quantitative estimate of drug-likeness (QED) is 0.781. The second-order valence-corrected chi connectivity index (χ2v) is 8.36. The molecule has 2 aromatic rings. The van der Waals surface area contributed by atoms with Gasteiger partial charge in [0.25, 0.3) is 5.91 Å². The highest BCUT2D eigenvalue weighted by Gasteiger charge is 2.52. The van der Waals surface area contributed by atoms with Crippen molar-refractivity contribution in [3.63, 3.8) is 0 Å². The number of hydrogen-bond donors (Lipinski definition) is 0. The predicted octanol–water partition coefficient (Wildman–Crippen LogP) is 2.64. The van der Waals surface area contributed by atoms with E-state index in [9.17, 15) is 9.59 Å². The third-order valence-corrected chi connectivity index (χ3v) is 5.72. The molecule has 1 fully saturated rings. The van der Waals surface area contributed by atoms with Gasteiger partial charge < -0.3 is 4.90 Å². The summed E-state index contributed by atoms with van der Waals surface area (Å²) in [6.07, 6.45) is 11.4. The number of carbonyl (C=O) groups is 2. The van der Waals surface area contributed by atoms with E-state index in [-0.39, 0.29) is 23.4 Å². The largest absolute Gasteiger partial charge is 0.343 e. The van der Waals surface area contributed by atoms with E-state index in [2.05, 4.69) is 26.0 Å². The second kappa shape index (κ2) is 7.12. The van der Waals surface area contributed by atoms with Gasteiger partial charge in [-0.15, -0.1) is 0 Å². The maximum absolute atomic E-state index is 13.3. The van der Waals surface area contributed by atoms with Crippen LogP contribution in [0.3, 0.4) is 0 Å². The van der Waals surface area contributed by atoms with Gasteiger partial charge in [-0.05, 0) is 25.0 Å². The van der Waals surface area contributed by atoms with Gasteiger partial charge in [-0.1, -0.05) is 19.9 Å². The molecule has 0 N–H and O–H groups in total. The van der Waals surface area contributed by atoms with Gasteiger partial charge in [-0.25, -0.2) is 19.9 Å². The molecule has 0 spiro atoms. The van der Waals surface area contributed by atoms with Crippen LogP contribution >= 0.6 is 0 Å². The molecule has 0 radical (unpaired) electrons.